The highest BCUT2D eigenvalue weighted by molar-refractivity contribution is 9.10. The van der Waals surface area contributed by atoms with Crippen LogP contribution in [0.15, 0.2) is 22.7 Å². The van der Waals surface area contributed by atoms with E-state index in [0.29, 0.717) is 5.56 Å². The van der Waals surface area contributed by atoms with Crippen LogP contribution < -0.4 is 5.73 Å². The highest BCUT2D eigenvalue weighted by atomic mass is 79.9. The summed E-state index contributed by atoms with van der Waals surface area (Å²) in [6, 6.07) is 4.65. The third kappa shape index (κ3) is 2.29. The van der Waals surface area contributed by atoms with E-state index in [9.17, 15) is 4.39 Å². The van der Waals surface area contributed by atoms with Gasteiger partial charge < -0.3 is 5.73 Å². The summed E-state index contributed by atoms with van der Waals surface area (Å²) in [4.78, 5) is 0. The van der Waals surface area contributed by atoms with Crippen molar-refractivity contribution in [1.29, 1.82) is 0 Å². The highest BCUT2D eigenvalue weighted by Gasteiger charge is 2.17. The van der Waals surface area contributed by atoms with E-state index in [1.54, 1.807) is 12.1 Å². The highest BCUT2D eigenvalue weighted by Crippen LogP contribution is 2.28. The van der Waals surface area contributed by atoms with Crippen LogP contribution in [0.25, 0.3) is 0 Å². The normalized spacial score (nSPS) is 13.4. The van der Waals surface area contributed by atoms with Gasteiger partial charge in [0.25, 0.3) is 0 Å². The van der Waals surface area contributed by atoms with Gasteiger partial charge in [0.05, 0.1) is 0 Å². The van der Waals surface area contributed by atoms with Crippen LogP contribution in [0.1, 0.15) is 25.5 Å². The Labute approximate surface area is 86.3 Å². The van der Waals surface area contributed by atoms with Crippen molar-refractivity contribution in [1.82, 2.24) is 0 Å². The van der Waals surface area contributed by atoms with Crippen molar-refractivity contribution in [2.75, 3.05) is 0 Å². The van der Waals surface area contributed by atoms with E-state index < -0.39 is 0 Å². The van der Waals surface area contributed by atoms with E-state index in [2.05, 4.69) is 15.9 Å². The molecule has 3 heteroatoms. The molecule has 0 amide bonds. The summed E-state index contributed by atoms with van der Waals surface area (Å²) in [6.07, 6.45) is 0. The minimum Gasteiger partial charge on any atom is -0.324 e. The third-order valence-corrected chi connectivity index (χ3v) is 2.74. The zero-order valence-electron chi connectivity index (χ0n) is 7.72. The summed E-state index contributed by atoms with van der Waals surface area (Å²) in [6.45, 7) is 3.95. The third-order valence-electron chi connectivity index (χ3n) is 2.05. The van der Waals surface area contributed by atoms with Crippen molar-refractivity contribution in [2.45, 2.75) is 19.9 Å². The molecule has 72 valence electrons. The van der Waals surface area contributed by atoms with Gasteiger partial charge in [-0.1, -0.05) is 35.8 Å². The molecule has 1 aromatic rings. The molecule has 1 nitrogen and oxygen atoms in total. The van der Waals surface area contributed by atoms with E-state index in [-0.39, 0.29) is 17.8 Å². The summed E-state index contributed by atoms with van der Waals surface area (Å²) in [5.74, 6) is -0.0104. The molecule has 0 aromatic heterocycles. The number of benzene rings is 1. The quantitative estimate of drug-likeness (QED) is 0.851. The van der Waals surface area contributed by atoms with Gasteiger partial charge in [-0.3, -0.25) is 0 Å². The molecule has 0 heterocycles. The molecule has 13 heavy (non-hydrogen) atoms. The number of hydrogen-bond acceptors (Lipinski definition) is 1. The van der Waals surface area contributed by atoms with Crippen LogP contribution in [-0.2, 0) is 0 Å². The number of nitrogens with two attached hydrogens (primary N) is 1. The summed E-state index contributed by atoms with van der Waals surface area (Å²) < 4.78 is 14.1. The van der Waals surface area contributed by atoms with Gasteiger partial charge in [0.2, 0.25) is 0 Å². The Morgan fingerprint density at radius 1 is 1.38 bits per heavy atom. The maximum atomic E-state index is 13.4. The molecule has 0 spiro atoms. The molecule has 0 saturated heterocycles. The van der Waals surface area contributed by atoms with E-state index in [4.69, 9.17) is 5.73 Å². The first kappa shape index (κ1) is 10.7. The molecule has 1 aromatic carbocycles. The SMILES string of the molecule is CC(C)C(N)c1c(F)cccc1Br. The molecule has 0 fully saturated rings. The molecular weight excluding hydrogens is 233 g/mol. The molecule has 2 N–H and O–H groups in total. The Kier molecular flexibility index (Phi) is 3.45. The van der Waals surface area contributed by atoms with Gasteiger partial charge in [0.15, 0.2) is 0 Å². The first-order valence-corrected chi connectivity index (χ1v) is 5.03. The molecule has 0 aliphatic heterocycles. The van der Waals surface area contributed by atoms with Gasteiger partial charge in [-0.15, -0.1) is 0 Å². The Bertz CT molecular complexity index is 279. The van der Waals surface area contributed by atoms with E-state index >= 15 is 0 Å². The molecule has 1 rings (SSSR count). The molecule has 1 unspecified atom stereocenters. The van der Waals surface area contributed by atoms with Gasteiger partial charge >= 0.3 is 0 Å². The fourth-order valence-electron chi connectivity index (χ4n) is 1.16. The predicted molar refractivity (Wildman–Crippen MR) is 55.9 cm³/mol. The second kappa shape index (κ2) is 4.20. The Morgan fingerprint density at radius 3 is 2.46 bits per heavy atom. The van der Waals surface area contributed by atoms with Crippen molar-refractivity contribution in [3.05, 3.63) is 34.1 Å². The Morgan fingerprint density at radius 2 is 2.00 bits per heavy atom. The molecule has 0 aliphatic rings. The van der Waals surface area contributed by atoms with E-state index in [1.165, 1.54) is 6.07 Å². The summed E-state index contributed by atoms with van der Waals surface area (Å²) in [7, 11) is 0. The van der Waals surface area contributed by atoms with Gasteiger partial charge in [-0.2, -0.15) is 0 Å². The maximum absolute atomic E-state index is 13.4. The monoisotopic (exact) mass is 245 g/mol. The largest absolute Gasteiger partial charge is 0.324 e. The smallest absolute Gasteiger partial charge is 0.129 e. The summed E-state index contributed by atoms with van der Waals surface area (Å²) in [5, 5.41) is 0. The van der Waals surface area contributed by atoms with Gasteiger partial charge in [0.1, 0.15) is 5.82 Å². The minimum absolute atomic E-state index is 0.230. The lowest BCUT2D eigenvalue weighted by Gasteiger charge is -2.18. The van der Waals surface area contributed by atoms with E-state index in [1.807, 2.05) is 13.8 Å². The minimum atomic E-state index is -0.254. The molecule has 0 bridgehead atoms. The molecule has 0 saturated carbocycles. The molecular formula is C10H13BrFN. The van der Waals surface area contributed by atoms with Crippen LogP contribution in [0.4, 0.5) is 4.39 Å². The van der Waals surface area contributed by atoms with Crippen LogP contribution in [0.2, 0.25) is 0 Å². The fraction of sp³-hybridized carbons (Fsp3) is 0.400. The first-order chi connectivity index (χ1) is 6.04. The summed E-state index contributed by atoms with van der Waals surface area (Å²) >= 11 is 3.30. The lowest BCUT2D eigenvalue weighted by atomic mass is 9.97. The Balaban J connectivity index is 3.12. The lowest BCUT2D eigenvalue weighted by molar-refractivity contribution is 0.483. The van der Waals surface area contributed by atoms with Crippen molar-refractivity contribution in [3.8, 4) is 0 Å². The van der Waals surface area contributed by atoms with Crippen LogP contribution in [-0.4, -0.2) is 0 Å². The summed E-state index contributed by atoms with van der Waals surface area (Å²) in [5.41, 5.74) is 6.44. The number of halogens is 2. The molecule has 1 atom stereocenters. The lowest BCUT2D eigenvalue weighted by Crippen LogP contribution is -2.18. The van der Waals surface area contributed by atoms with Crippen LogP contribution in [0, 0.1) is 11.7 Å². The molecule has 0 radical (unpaired) electrons. The Hall–Kier alpha value is -0.410. The second-order valence-electron chi connectivity index (χ2n) is 3.41. The van der Waals surface area contributed by atoms with Crippen LogP contribution in [0.5, 0.6) is 0 Å². The van der Waals surface area contributed by atoms with E-state index in [0.717, 1.165) is 4.47 Å². The fourth-order valence-corrected chi connectivity index (χ4v) is 1.77. The van der Waals surface area contributed by atoms with Crippen LogP contribution >= 0.6 is 15.9 Å². The standard InChI is InChI=1S/C10H13BrFN/c1-6(2)10(13)9-7(11)4-3-5-8(9)12/h3-6,10H,13H2,1-2H3. The first-order valence-electron chi connectivity index (χ1n) is 4.23. The van der Waals surface area contributed by atoms with Gasteiger partial charge in [-0.05, 0) is 18.1 Å². The average molecular weight is 246 g/mol. The van der Waals surface area contributed by atoms with Gasteiger partial charge in [0, 0.05) is 16.1 Å². The van der Waals surface area contributed by atoms with Crippen molar-refractivity contribution in [2.24, 2.45) is 11.7 Å². The number of rotatable bonds is 2. The predicted octanol–water partition coefficient (Wildman–Crippen LogP) is 3.24. The second-order valence-corrected chi connectivity index (χ2v) is 4.26. The van der Waals surface area contributed by atoms with Crippen molar-refractivity contribution in [3.63, 3.8) is 0 Å². The van der Waals surface area contributed by atoms with Gasteiger partial charge in [-0.25, -0.2) is 4.39 Å². The van der Waals surface area contributed by atoms with Crippen LogP contribution in [0.3, 0.4) is 0 Å². The van der Waals surface area contributed by atoms with Crippen molar-refractivity contribution < 1.29 is 4.39 Å². The zero-order valence-corrected chi connectivity index (χ0v) is 9.31. The average Bonchev–Trinajstić information content (AvgIpc) is 2.03. The van der Waals surface area contributed by atoms with Crippen molar-refractivity contribution >= 4 is 15.9 Å². The molecule has 0 aliphatic carbocycles. The topological polar surface area (TPSA) is 26.0 Å². The number of hydrogen-bond donors (Lipinski definition) is 1. The maximum Gasteiger partial charge on any atom is 0.129 e. The zero-order chi connectivity index (χ0) is 10.0.